The lowest BCUT2D eigenvalue weighted by molar-refractivity contribution is -0.132. The van der Waals surface area contributed by atoms with Crippen molar-refractivity contribution in [2.45, 2.75) is 40.0 Å². The van der Waals surface area contributed by atoms with Crippen LogP contribution in [0.3, 0.4) is 0 Å². The number of amides is 2. The number of piperidine rings is 1. The average Bonchev–Trinajstić information content (AvgIpc) is 2.49. The maximum atomic E-state index is 12.3. The Kier molecular flexibility index (Phi) is 5.58. The van der Waals surface area contributed by atoms with E-state index in [4.69, 9.17) is 0 Å². The summed E-state index contributed by atoms with van der Waals surface area (Å²) >= 11 is 0. The predicted molar refractivity (Wildman–Crippen MR) is 88.8 cm³/mol. The van der Waals surface area contributed by atoms with Gasteiger partial charge >= 0.3 is 0 Å². The van der Waals surface area contributed by atoms with Crippen molar-refractivity contribution in [3.63, 3.8) is 0 Å². The van der Waals surface area contributed by atoms with Gasteiger partial charge in [-0.2, -0.15) is 0 Å². The molecule has 1 aromatic rings. The summed E-state index contributed by atoms with van der Waals surface area (Å²) in [6.07, 6.45) is 2.56. The molecule has 22 heavy (non-hydrogen) atoms. The zero-order chi connectivity index (χ0) is 16.1. The van der Waals surface area contributed by atoms with Gasteiger partial charge in [-0.25, -0.2) is 0 Å². The molecule has 1 fully saturated rings. The molecule has 1 aliphatic rings. The van der Waals surface area contributed by atoms with Gasteiger partial charge in [0, 0.05) is 38.7 Å². The first-order chi connectivity index (χ1) is 10.5. The summed E-state index contributed by atoms with van der Waals surface area (Å²) in [7, 11) is 0. The average molecular weight is 302 g/mol. The van der Waals surface area contributed by atoms with Crippen LogP contribution in [0.4, 0.5) is 5.69 Å². The number of aryl methyl sites for hydroxylation is 1. The number of nitrogens with zero attached hydrogens (tertiary/aromatic N) is 2. The summed E-state index contributed by atoms with van der Waals surface area (Å²) in [4.78, 5) is 27.8. The molecule has 1 aromatic carbocycles. The summed E-state index contributed by atoms with van der Waals surface area (Å²) in [6, 6.07) is 7.84. The van der Waals surface area contributed by atoms with Gasteiger partial charge in [0.1, 0.15) is 0 Å². The minimum absolute atomic E-state index is 0.0241. The molecule has 0 bridgehead atoms. The number of carbonyl (C=O) groups is 2. The van der Waals surface area contributed by atoms with E-state index in [9.17, 15) is 9.59 Å². The first kappa shape index (κ1) is 16.5. The van der Waals surface area contributed by atoms with Crippen molar-refractivity contribution >= 4 is 17.5 Å². The molecule has 1 heterocycles. The van der Waals surface area contributed by atoms with Gasteiger partial charge in [0.15, 0.2) is 0 Å². The lowest BCUT2D eigenvalue weighted by atomic mass is 9.99. The molecule has 1 saturated heterocycles. The van der Waals surface area contributed by atoms with Crippen LogP contribution in [0.1, 0.15) is 38.7 Å². The second kappa shape index (κ2) is 7.43. The van der Waals surface area contributed by atoms with Gasteiger partial charge in [-0.3, -0.25) is 9.59 Å². The number of rotatable bonds is 4. The van der Waals surface area contributed by atoms with Crippen LogP contribution < -0.4 is 4.90 Å². The Morgan fingerprint density at radius 1 is 1.18 bits per heavy atom. The largest absolute Gasteiger partial charge is 0.343 e. The molecule has 4 heteroatoms. The molecule has 0 aliphatic carbocycles. The Morgan fingerprint density at radius 2 is 1.77 bits per heavy atom. The smallest absolute Gasteiger partial charge is 0.224 e. The highest BCUT2D eigenvalue weighted by Gasteiger charge is 2.21. The van der Waals surface area contributed by atoms with E-state index in [1.54, 1.807) is 11.8 Å². The van der Waals surface area contributed by atoms with E-state index in [1.165, 1.54) is 0 Å². The van der Waals surface area contributed by atoms with Crippen molar-refractivity contribution in [3.05, 3.63) is 29.8 Å². The van der Waals surface area contributed by atoms with Crippen LogP contribution >= 0.6 is 0 Å². The van der Waals surface area contributed by atoms with Crippen LogP contribution in [-0.2, 0) is 9.59 Å². The SMILES string of the molecule is CC(=O)N(CCC(=O)N1CCC(C)CC1)c1ccc(C)cc1. The Bertz CT molecular complexity index is 516. The van der Waals surface area contributed by atoms with E-state index < -0.39 is 0 Å². The molecule has 0 atom stereocenters. The van der Waals surface area contributed by atoms with Gasteiger partial charge in [0.25, 0.3) is 0 Å². The number of carbonyl (C=O) groups excluding carboxylic acids is 2. The third-order valence-electron chi connectivity index (χ3n) is 4.41. The number of hydrogen-bond acceptors (Lipinski definition) is 2. The summed E-state index contributed by atoms with van der Waals surface area (Å²) < 4.78 is 0. The molecule has 0 saturated carbocycles. The van der Waals surface area contributed by atoms with Gasteiger partial charge in [-0.05, 0) is 37.8 Å². The normalized spacial score (nSPS) is 15.7. The van der Waals surface area contributed by atoms with Crippen molar-refractivity contribution in [2.75, 3.05) is 24.5 Å². The fraction of sp³-hybridized carbons (Fsp3) is 0.556. The van der Waals surface area contributed by atoms with Crippen molar-refractivity contribution in [3.8, 4) is 0 Å². The van der Waals surface area contributed by atoms with Crippen molar-refractivity contribution in [1.82, 2.24) is 4.90 Å². The zero-order valence-corrected chi connectivity index (χ0v) is 13.8. The Labute approximate surface area is 133 Å². The molecule has 0 N–H and O–H groups in total. The summed E-state index contributed by atoms with van der Waals surface area (Å²) in [5.41, 5.74) is 2.02. The highest BCUT2D eigenvalue weighted by atomic mass is 16.2. The lowest BCUT2D eigenvalue weighted by Gasteiger charge is -2.31. The molecule has 4 nitrogen and oxygen atoms in total. The summed E-state index contributed by atoms with van der Waals surface area (Å²) in [5, 5.41) is 0. The number of benzene rings is 1. The molecule has 1 aliphatic heterocycles. The number of anilines is 1. The minimum Gasteiger partial charge on any atom is -0.343 e. The van der Waals surface area contributed by atoms with Gasteiger partial charge in [-0.1, -0.05) is 24.6 Å². The number of hydrogen-bond donors (Lipinski definition) is 0. The third kappa shape index (κ3) is 4.33. The molecule has 0 aromatic heterocycles. The third-order valence-corrected chi connectivity index (χ3v) is 4.41. The maximum absolute atomic E-state index is 12.3. The summed E-state index contributed by atoms with van der Waals surface area (Å²) in [6.45, 7) is 7.95. The molecule has 2 rings (SSSR count). The first-order valence-electron chi connectivity index (χ1n) is 8.10. The van der Waals surface area contributed by atoms with Crippen molar-refractivity contribution in [1.29, 1.82) is 0 Å². The van der Waals surface area contributed by atoms with Crippen LogP contribution in [0.25, 0.3) is 0 Å². The molecular weight excluding hydrogens is 276 g/mol. The van der Waals surface area contributed by atoms with E-state index in [-0.39, 0.29) is 11.8 Å². The quantitative estimate of drug-likeness (QED) is 0.858. The highest BCUT2D eigenvalue weighted by Crippen LogP contribution is 2.18. The second-order valence-electron chi connectivity index (χ2n) is 6.32. The minimum atomic E-state index is -0.0241. The summed E-state index contributed by atoms with van der Waals surface area (Å²) in [5.74, 6) is 0.847. The van der Waals surface area contributed by atoms with E-state index in [0.717, 1.165) is 37.2 Å². The fourth-order valence-corrected chi connectivity index (χ4v) is 2.82. The zero-order valence-electron chi connectivity index (χ0n) is 13.8. The first-order valence-corrected chi connectivity index (χ1v) is 8.10. The lowest BCUT2D eigenvalue weighted by Crippen LogP contribution is -2.40. The Morgan fingerprint density at radius 3 is 2.32 bits per heavy atom. The topological polar surface area (TPSA) is 40.6 Å². The van der Waals surface area contributed by atoms with E-state index in [0.29, 0.717) is 18.9 Å². The Balaban J connectivity index is 1.93. The molecule has 120 valence electrons. The van der Waals surface area contributed by atoms with Crippen LogP contribution in [-0.4, -0.2) is 36.3 Å². The molecular formula is C18H26N2O2. The van der Waals surface area contributed by atoms with Crippen molar-refractivity contribution in [2.24, 2.45) is 5.92 Å². The van der Waals surface area contributed by atoms with E-state index in [1.807, 2.05) is 36.1 Å². The van der Waals surface area contributed by atoms with Crippen LogP contribution in [0, 0.1) is 12.8 Å². The van der Waals surface area contributed by atoms with Gasteiger partial charge < -0.3 is 9.80 Å². The van der Waals surface area contributed by atoms with E-state index in [2.05, 4.69) is 6.92 Å². The Hall–Kier alpha value is -1.84. The number of likely N-dealkylation sites (tertiary alicyclic amines) is 1. The molecule has 0 unspecified atom stereocenters. The molecule has 2 amide bonds. The van der Waals surface area contributed by atoms with Gasteiger partial charge in [0.05, 0.1) is 0 Å². The highest BCUT2D eigenvalue weighted by molar-refractivity contribution is 5.92. The molecule has 0 radical (unpaired) electrons. The monoisotopic (exact) mass is 302 g/mol. The van der Waals surface area contributed by atoms with Crippen LogP contribution in [0.5, 0.6) is 0 Å². The fourth-order valence-electron chi connectivity index (χ4n) is 2.82. The van der Waals surface area contributed by atoms with Crippen LogP contribution in [0.15, 0.2) is 24.3 Å². The van der Waals surface area contributed by atoms with Crippen LogP contribution in [0.2, 0.25) is 0 Å². The maximum Gasteiger partial charge on any atom is 0.224 e. The van der Waals surface area contributed by atoms with Gasteiger partial charge in [-0.15, -0.1) is 0 Å². The van der Waals surface area contributed by atoms with Crippen molar-refractivity contribution < 1.29 is 9.59 Å². The van der Waals surface area contributed by atoms with E-state index >= 15 is 0 Å². The standard InChI is InChI=1S/C18H26N2O2/c1-14-4-6-17(7-5-14)20(16(3)21)13-10-18(22)19-11-8-15(2)9-12-19/h4-7,15H,8-13H2,1-3H3. The second-order valence-corrected chi connectivity index (χ2v) is 6.32. The predicted octanol–water partition coefficient (Wildman–Crippen LogP) is 3.00. The van der Waals surface area contributed by atoms with Gasteiger partial charge in [0.2, 0.25) is 11.8 Å². The molecule has 0 spiro atoms.